The summed E-state index contributed by atoms with van der Waals surface area (Å²) in [4.78, 5) is 2.80. The van der Waals surface area contributed by atoms with Crippen LogP contribution in [0.3, 0.4) is 0 Å². The van der Waals surface area contributed by atoms with E-state index in [-0.39, 0.29) is 6.04 Å². The Morgan fingerprint density at radius 3 is 2.50 bits per heavy atom. The smallest absolute Gasteiger partial charge is 0.0746 e. The lowest BCUT2D eigenvalue weighted by atomic mass is 10.0. The summed E-state index contributed by atoms with van der Waals surface area (Å²) < 4.78 is 5.21. The van der Waals surface area contributed by atoms with Gasteiger partial charge in [0.25, 0.3) is 0 Å². The molecule has 4 heteroatoms. The van der Waals surface area contributed by atoms with Gasteiger partial charge in [-0.1, -0.05) is 42.5 Å². The zero-order valence-electron chi connectivity index (χ0n) is 11.3. The van der Waals surface area contributed by atoms with Gasteiger partial charge in [0, 0.05) is 25.6 Å². The van der Waals surface area contributed by atoms with Gasteiger partial charge in [-0.25, -0.2) is 0 Å². The van der Waals surface area contributed by atoms with Crippen LogP contribution in [-0.2, 0) is 4.74 Å². The quantitative estimate of drug-likeness (QED) is 0.769. The molecule has 0 radical (unpaired) electrons. The molecule has 0 aliphatic heterocycles. The van der Waals surface area contributed by atoms with Crippen LogP contribution in [0.25, 0.3) is 0 Å². The SMILES string of the molecule is COCC(C)N(C)C(CC(N)=S)c1ccccc1. The van der Waals surface area contributed by atoms with Crippen molar-refractivity contribution in [2.45, 2.75) is 25.4 Å². The van der Waals surface area contributed by atoms with Crippen LogP contribution in [0, 0.1) is 0 Å². The average molecular weight is 266 g/mol. The standard InChI is InChI=1S/C14H22N2OS/c1-11(10-17-3)16(2)13(9-14(15)18)12-7-5-4-6-8-12/h4-8,11,13H,9-10H2,1-3H3,(H2,15,18). The lowest BCUT2D eigenvalue weighted by molar-refractivity contribution is 0.0908. The third-order valence-corrected chi connectivity index (χ3v) is 3.34. The van der Waals surface area contributed by atoms with Crippen LogP contribution in [0.15, 0.2) is 30.3 Å². The Hall–Kier alpha value is -0.970. The molecule has 0 amide bonds. The molecule has 1 rings (SSSR count). The van der Waals surface area contributed by atoms with Gasteiger partial charge in [-0.2, -0.15) is 0 Å². The molecule has 0 aliphatic carbocycles. The molecule has 0 heterocycles. The van der Waals surface area contributed by atoms with E-state index in [0.29, 0.717) is 24.1 Å². The molecule has 1 aromatic carbocycles. The van der Waals surface area contributed by atoms with Crippen molar-refractivity contribution in [1.29, 1.82) is 0 Å². The number of hydrogen-bond donors (Lipinski definition) is 1. The first-order valence-corrected chi connectivity index (χ1v) is 6.51. The zero-order valence-corrected chi connectivity index (χ0v) is 12.1. The van der Waals surface area contributed by atoms with Gasteiger partial charge < -0.3 is 10.5 Å². The Labute approximate surface area is 115 Å². The maximum atomic E-state index is 5.72. The van der Waals surface area contributed by atoms with Crippen molar-refractivity contribution in [3.05, 3.63) is 35.9 Å². The molecule has 2 atom stereocenters. The molecule has 3 nitrogen and oxygen atoms in total. The van der Waals surface area contributed by atoms with Gasteiger partial charge in [0.05, 0.1) is 11.6 Å². The molecule has 0 saturated carbocycles. The normalized spacial score (nSPS) is 14.4. The molecular weight excluding hydrogens is 244 g/mol. The Kier molecular flexibility index (Phi) is 6.25. The van der Waals surface area contributed by atoms with E-state index in [1.165, 1.54) is 5.56 Å². The van der Waals surface area contributed by atoms with E-state index in [1.807, 2.05) is 18.2 Å². The summed E-state index contributed by atoms with van der Waals surface area (Å²) in [6, 6.07) is 10.8. The Balaban J connectivity index is 2.88. The van der Waals surface area contributed by atoms with Crippen LogP contribution < -0.4 is 5.73 Å². The molecule has 2 unspecified atom stereocenters. The fraction of sp³-hybridized carbons (Fsp3) is 0.500. The first kappa shape index (κ1) is 15.1. The van der Waals surface area contributed by atoms with Gasteiger partial charge in [-0.15, -0.1) is 0 Å². The summed E-state index contributed by atoms with van der Waals surface area (Å²) in [6.07, 6.45) is 0.684. The average Bonchev–Trinajstić information content (AvgIpc) is 2.36. The fourth-order valence-corrected chi connectivity index (χ4v) is 2.19. The summed E-state index contributed by atoms with van der Waals surface area (Å²) in [5, 5.41) is 0. The third kappa shape index (κ3) is 4.37. The Morgan fingerprint density at radius 2 is 2.00 bits per heavy atom. The van der Waals surface area contributed by atoms with Crippen molar-refractivity contribution in [1.82, 2.24) is 4.90 Å². The minimum absolute atomic E-state index is 0.203. The molecule has 0 aromatic heterocycles. The van der Waals surface area contributed by atoms with E-state index in [2.05, 4.69) is 31.0 Å². The summed E-state index contributed by atoms with van der Waals surface area (Å²) in [5.41, 5.74) is 6.95. The minimum atomic E-state index is 0.203. The maximum Gasteiger partial charge on any atom is 0.0746 e. The molecule has 1 aromatic rings. The van der Waals surface area contributed by atoms with E-state index in [9.17, 15) is 0 Å². The largest absolute Gasteiger partial charge is 0.393 e. The number of rotatable bonds is 7. The van der Waals surface area contributed by atoms with Crippen molar-refractivity contribution in [2.75, 3.05) is 20.8 Å². The third-order valence-electron chi connectivity index (χ3n) is 3.17. The summed E-state index contributed by atoms with van der Waals surface area (Å²) in [7, 11) is 3.80. The van der Waals surface area contributed by atoms with Gasteiger partial charge >= 0.3 is 0 Å². The molecule has 0 aliphatic rings. The summed E-state index contributed by atoms with van der Waals surface area (Å²) in [5.74, 6) is 0. The number of benzene rings is 1. The molecule has 0 bridgehead atoms. The van der Waals surface area contributed by atoms with Gasteiger partial charge in [0.1, 0.15) is 0 Å². The van der Waals surface area contributed by atoms with Crippen LogP contribution in [0.1, 0.15) is 24.9 Å². The second-order valence-electron chi connectivity index (χ2n) is 4.57. The van der Waals surface area contributed by atoms with Gasteiger partial charge in [0.2, 0.25) is 0 Å². The molecule has 0 saturated heterocycles. The van der Waals surface area contributed by atoms with Crippen molar-refractivity contribution in [3.8, 4) is 0 Å². The molecule has 18 heavy (non-hydrogen) atoms. The van der Waals surface area contributed by atoms with Crippen LogP contribution in [0.2, 0.25) is 0 Å². The number of nitrogens with two attached hydrogens (primary N) is 1. The predicted molar refractivity (Wildman–Crippen MR) is 79.7 cm³/mol. The van der Waals surface area contributed by atoms with E-state index in [1.54, 1.807) is 7.11 Å². The lowest BCUT2D eigenvalue weighted by Gasteiger charge is -2.33. The number of ether oxygens (including phenoxy) is 1. The number of thiocarbonyl (C=S) groups is 1. The van der Waals surface area contributed by atoms with Gasteiger partial charge in [-0.3, -0.25) is 4.90 Å². The van der Waals surface area contributed by atoms with Crippen molar-refractivity contribution in [2.24, 2.45) is 5.73 Å². The number of likely N-dealkylation sites (N-methyl/N-ethyl adjacent to an activating group) is 1. The van der Waals surface area contributed by atoms with Crippen LogP contribution in [0.4, 0.5) is 0 Å². The van der Waals surface area contributed by atoms with Crippen LogP contribution >= 0.6 is 12.2 Å². The predicted octanol–water partition coefficient (Wildman–Crippen LogP) is 2.37. The van der Waals surface area contributed by atoms with Gasteiger partial charge in [0.15, 0.2) is 0 Å². The second kappa shape index (κ2) is 7.46. The highest BCUT2D eigenvalue weighted by molar-refractivity contribution is 7.80. The van der Waals surface area contributed by atoms with E-state index in [4.69, 9.17) is 22.7 Å². The lowest BCUT2D eigenvalue weighted by Crippen LogP contribution is -2.37. The van der Waals surface area contributed by atoms with Crippen molar-refractivity contribution < 1.29 is 4.74 Å². The van der Waals surface area contributed by atoms with E-state index < -0.39 is 0 Å². The Morgan fingerprint density at radius 1 is 1.39 bits per heavy atom. The molecular formula is C14H22N2OS. The molecule has 0 spiro atoms. The highest BCUT2D eigenvalue weighted by Crippen LogP contribution is 2.24. The topological polar surface area (TPSA) is 38.5 Å². The first-order chi connectivity index (χ1) is 8.56. The molecule has 0 fully saturated rings. The van der Waals surface area contributed by atoms with Gasteiger partial charge in [-0.05, 0) is 19.5 Å². The fourth-order valence-electron chi connectivity index (χ4n) is 2.03. The second-order valence-corrected chi connectivity index (χ2v) is 5.09. The van der Waals surface area contributed by atoms with Crippen LogP contribution in [-0.4, -0.2) is 36.7 Å². The van der Waals surface area contributed by atoms with Crippen molar-refractivity contribution in [3.63, 3.8) is 0 Å². The minimum Gasteiger partial charge on any atom is -0.393 e. The Bertz CT molecular complexity index is 369. The summed E-state index contributed by atoms with van der Waals surface area (Å²) >= 11 is 5.06. The maximum absolute atomic E-state index is 5.72. The number of nitrogens with zero attached hydrogens (tertiary/aromatic N) is 1. The van der Waals surface area contributed by atoms with E-state index in [0.717, 1.165) is 0 Å². The van der Waals surface area contributed by atoms with Crippen molar-refractivity contribution >= 4 is 17.2 Å². The van der Waals surface area contributed by atoms with Crippen LogP contribution in [0.5, 0.6) is 0 Å². The highest BCUT2D eigenvalue weighted by atomic mass is 32.1. The number of methoxy groups -OCH3 is 1. The monoisotopic (exact) mass is 266 g/mol. The summed E-state index contributed by atoms with van der Waals surface area (Å²) in [6.45, 7) is 2.83. The first-order valence-electron chi connectivity index (χ1n) is 6.10. The molecule has 100 valence electrons. The number of hydrogen-bond acceptors (Lipinski definition) is 3. The van der Waals surface area contributed by atoms with E-state index >= 15 is 0 Å². The highest BCUT2D eigenvalue weighted by Gasteiger charge is 2.22. The zero-order chi connectivity index (χ0) is 13.5. The molecule has 2 N–H and O–H groups in total.